The molecule has 7 nitrogen and oxygen atoms in total. The van der Waals surface area contributed by atoms with Crippen molar-refractivity contribution in [3.05, 3.63) is 68.7 Å². The number of benzene rings is 1. The van der Waals surface area contributed by atoms with Crippen molar-refractivity contribution in [1.29, 1.82) is 0 Å². The summed E-state index contributed by atoms with van der Waals surface area (Å²) in [6.07, 6.45) is 2.09. The van der Waals surface area contributed by atoms with Crippen LogP contribution in [-0.4, -0.2) is 31.6 Å². The molecule has 0 unspecified atom stereocenters. The zero-order valence-electron chi connectivity index (χ0n) is 18.8. The molecule has 0 radical (unpaired) electrons. The molecule has 0 aliphatic rings. The minimum atomic E-state index is -0.195. The summed E-state index contributed by atoms with van der Waals surface area (Å²) < 4.78 is 3.41. The summed E-state index contributed by atoms with van der Waals surface area (Å²) in [5, 5.41) is 9.50. The van der Waals surface area contributed by atoms with Gasteiger partial charge in [-0.25, -0.2) is 9.67 Å². The van der Waals surface area contributed by atoms with Gasteiger partial charge in [0.15, 0.2) is 4.96 Å². The quantitative estimate of drug-likeness (QED) is 0.433. The molecule has 0 aliphatic carbocycles. The monoisotopic (exact) mass is 449 g/mol. The number of fused-ring (bicyclic) bond motifs is 1. The summed E-state index contributed by atoms with van der Waals surface area (Å²) >= 11 is 1.37. The standard InChI is InChI=1S/C24H27N5O2S/c1-5-6-11-25-21(30)13-18-14-32-24-26-17(4)22(23(31)28(18)24)19-12-16(3)29(27-19)20-10-8-7-9-15(20)2/h7-10,12,14H,5-6,11,13H2,1-4H3,(H,25,30). The van der Waals surface area contributed by atoms with E-state index in [1.807, 2.05) is 61.2 Å². The molecule has 4 aromatic rings. The van der Waals surface area contributed by atoms with Gasteiger partial charge in [0.25, 0.3) is 5.56 Å². The summed E-state index contributed by atoms with van der Waals surface area (Å²) in [5.74, 6) is -0.0909. The Labute approximate surface area is 190 Å². The van der Waals surface area contributed by atoms with E-state index >= 15 is 0 Å². The van der Waals surface area contributed by atoms with Gasteiger partial charge in [-0.2, -0.15) is 5.10 Å². The fourth-order valence-corrected chi connectivity index (χ4v) is 4.72. The number of nitrogens with one attached hydrogen (secondary N) is 1. The van der Waals surface area contributed by atoms with Crippen LogP contribution < -0.4 is 10.9 Å². The molecule has 0 aliphatic heterocycles. The summed E-state index contributed by atoms with van der Waals surface area (Å²) in [6, 6.07) is 9.92. The van der Waals surface area contributed by atoms with Crippen LogP contribution in [0.5, 0.6) is 0 Å². The molecule has 0 fully saturated rings. The maximum absolute atomic E-state index is 13.5. The van der Waals surface area contributed by atoms with E-state index in [4.69, 9.17) is 5.10 Å². The van der Waals surface area contributed by atoms with Gasteiger partial charge < -0.3 is 5.32 Å². The van der Waals surface area contributed by atoms with Gasteiger partial charge in [-0.05, 0) is 44.9 Å². The van der Waals surface area contributed by atoms with Gasteiger partial charge >= 0.3 is 0 Å². The first-order valence-corrected chi connectivity index (χ1v) is 11.7. The van der Waals surface area contributed by atoms with Gasteiger partial charge in [-0.15, -0.1) is 11.3 Å². The topological polar surface area (TPSA) is 81.3 Å². The number of para-hydroxylation sites is 1. The number of unbranched alkanes of at least 4 members (excludes halogenated alkanes) is 1. The van der Waals surface area contributed by atoms with Crippen LogP contribution in [0.3, 0.4) is 0 Å². The van der Waals surface area contributed by atoms with E-state index in [-0.39, 0.29) is 17.9 Å². The van der Waals surface area contributed by atoms with Crippen LogP contribution in [0, 0.1) is 20.8 Å². The van der Waals surface area contributed by atoms with Crippen molar-refractivity contribution in [3.8, 4) is 16.9 Å². The van der Waals surface area contributed by atoms with E-state index in [0.717, 1.165) is 29.8 Å². The number of aryl methyl sites for hydroxylation is 3. The van der Waals surface area contributed by atoms with Crippen molar-refractivity contribution >= 4 is 22.2 Å². The van der Waals surface area contributed by atoms with Crippen LogP contribution in [-0.2, 0) is 11.2 Å². The molecule has 0 saturated carbocycles. The average Bonchev–Trinajstić information content (AvgIpc) is 3.32. The molecular formula is C24H27N5O2S. The summed E-state index contributed by atoms with van der Waals surface area (Å²) in [5.41, 5.74) is 5.13. The highest BCUT2D eigenvalue weighted by molar-refractivity contribution is 7.15. The van der Waals surface area contributed by atoms with Gasteiger partial charge in [0, 0.05) is 23.3 Å². The second-order valence-electron chi connectivity index (χ2n) is 7.97. The van der Waals surface area contributed by atoms with Crippen molar-refractivity contribution in [2.75, 3.05) is 6.54 Å². The van der Waals surface area contributed by atoms with Crippen molar-refractivity contribution in [2.24, 2.45) is 0 Å². The zero-order chi connectivity index (χ0) is 22.8. The number of carbonyl (C=O) groups excluding carboxylic acids is 1. The highest BCUT2D eigenvalue weighted by atomic mass is 32.1. The first kappa shape index (κ1) is 22.0. The number of rotatable bonds is 7. The van der Waals surface area contributed by atoms with Crippen LogP contribution in [0.25, 0.3) is 21.9 Å². The third-order valence-electron chi connectivity index (χ3n) is 5.50. The smallest absolute Gasteiger partial charge is 0.268 e. The van der Waals surface area contributed by atoms with Crippen LogP contribution >= 0.6 is 11.3 Å². The Bertz CT molecular complexity index is 1350. The third kappa shape index (κ3) is 4.10. The highest BCUT2D eigenvalue weighted by Gasteiger charge is 2.20. The fraction of sp³-hybridized carbons (Fsp3) is 0.333. The van der Waals surface area contributed by atoms with Crippen molar-refractivity contribution < 1.29 is 4.79 Å². The van der Waals surface area contributed by atoms with Gasteiger partial charge in [-0.1, -0.05) is 31.5 Å². The Morgan fingerprint density at radius 3 is 2.72 bits per heavy atom. The van der Waals surface area contributed by atoms with Gasteiger partial charge in [0.2, 0.25) is 5.91 Å². The van der Waals surface area contributed by atoms with E-state index in [1.165, 1.54) is 11.3 Å². The SMILES string of the molecule is CCCCNC(=O)Cc1csc2nc(C)c(-c3cc(C)n(-c4ccccc4C)n3)c(=O)n12. The lowest BCUT2D eigenvalue weighted by molar-refractivity contribution is -0.120. The Kier molecular flexibility index (Phi) is 6.23. The van der Waals surface area contributed by atoms with Crippen LogP contribution in [0.15, 0.2) is 40.5 Å². The largest absolute Gasteiger partial charge is 0.356 e. The van der Waals surface area contributed by atoms with Crippen molar-refractivity contribution in [2.45, 2.75) is 47.0 Å². The van der Waals surface area contributed by atoms with E-state index in [9.17, 15) is 9.59 Å². The number of carbonyl (C=O) groups is 1. The Morgan fingerprint density at radius 1 is 1.19 bits per heavy atom. The van der Waals surface area contributed by atoms with Gasteiger partial charge in [0.1, 0.15) is 5.69 Å². The molecule has 0 bridgehead atoms. The molecule has 1 aromatic carbocycles. The zero-order valence-corrected chi connectivity index (χ0v) is 19.6. The van der Waals surface area contributed by atoms with Crippen LogP contribution in [0.1, 0.15) is 42.4 Å². The van der Waals surface area contributed by atoms with E-state index < -0.39 is 0 Å². The highest BCUT2D eigenvalue weighted by Crippen LogP contribution is 2.24. The second kappa shape index (κ2) is 9.08. The van der Waals surface area contributed by atoms with E-state index in [0.29, 0.717) is 34.2 Å². The Hall–Kier alpha value is -3.26. The van der Waals surface area contributed by atoms with E-state index in [2.05, 4.69) is 17.2 Å². The first-order valence-electron chi connectivity index (χ1n) is 10.8. The molecule has 0 spiro atoms. The molecule has 3 aromatic heterocycles. The van der Waals surface area contributed by atoms with E-state index in [1.54, 1.807) is 4.40 Å². The molecule has 8 heteroatoms. The number of hydrogen-bond donors (Lipinski definition) is 1. The average molecular weight is 450 g/mol. The maximum Gasteiger partial charge on any atom is 0.268 e. The van der Waals surface area contributed by atoms with Crippen LogP contribution in [0.2, 0.25) is 0 Å². The molecule has 1 amide bonds. The predicted molar refractivity (Wildman–Crippen MR) is 128 cm³/mol. The minimum absolute atomic E-state index is 0.0909. The number of aromatic nitrogens is 4. The first-order chi connectivity index (χ1) is 15.4. The second-order valence-corrected chi connectivity index (χ2v) is 8.81. The van der Waals surface area contributed by atoms with Gasteiger partial charge in [0.05, 0.1) is 23.4 Å². The lowest BCUT2D eigenvalue weighted by Crippen LogP contribution is -2.28. The minimum Gasteiger partial charge on any atom is -0.356 e. The molecule has 3 heterocycles. The Morgan fingerprint density at radius 2 is 1.97 bits per heavy atom. The molecule has 166 valence electrons. The molecular weight excluding hydrogens is 422 g/mol. The number of hydrogen-bond acceptors (Lipinski definition) is 5. The lowest BCUT2D eigenvalue weighted by Gasteiger charge is -2.08. The normalized spacial score (nSPS) is 11.2. The fourth-order valence-electron chi connectivity index (χ4n) is 3.80. The van der Waals surface area contributed by atoms with Crippen molar-refractivity contribution in [1.82, 2.24) is 24.5 Å². The summed E-state index contributed by atoms with van der Waals surface area (Å²) in [4.78, 5) is 31.1. The molecule has 4 rings (SSSR count). The number of nitrogens with zero attached hydrogens (tertiary/aromatic N) is 4. The number of amides is 1. The van der Waals surface area contributed by atoms with Crippen LogP contribution in [0.4, 0.5) is 0 Å². The molecule has 0 saturated heterocycles. The maximum atomic E-state index is 13.5. The predicted octanol–water partition coefficient (Wildman–Crippen LogP) is 3.99. The van der Waals surface area contributed by atoms with Gasteiger partial charge in [-0.3, -0.25) is 14.0 Å². The molecule has 0 atom stereocenters. The molecule has 32 heavy (non-hydrogen) atoms. The summed E-state index contributed by atoms with van der Waals surface area (Å²) in [7, 11) is 0. The summed E-state index contributed by atoms with van der Waals surface area (Å²) in [6.45, 7) is 8.56. The van der Waals surface area contributed by atoms with Crippen molar-refractivity contribution in [3.63, 3.8) is 0 Å². The third-order valence-corrected chi connectivity index (χ3v) is 6.38. The lowest BCUT2D eigenvalue weighted by atomic mass is 10.1. The Balaban J connectivity index is 1.76. The number of thiazole rings is 1. The molecule has 1 N–H and O–H groups in total.